The average molecular weight is 374 g/mol. The summed E-state index contributed by atoms with van der Waals surface area (Å²) >= 11 is 1.64. The van der Waals surface area contributed by atoms with Gasteiger partial charge in [0.05, 0.1) is 6.04 Å². The Morgan fingerprint density at radius 1 is 1.00 bits per heavy atom. The Balaban J connectivity index is 1.57. The molecule has 2 aromatic heterocycles. The highest BCUT2D eigenvalue weighted by Crippen LogP contribution is 2.27. The lowest BCUT2D eigenvalue weighted by atomic mass is 10.0. The molecular weight excluding hydrogens is 356 g/mol. The Labute approximate surface area is 161 Å². The first-order valence-corrected chi connectivity index (χ1v) is 9.44. The van der Waals surface area contributed by atoms with Gasteiger partial charge in [0.25, 0.3) is 5.91 Å². The maximum Gasteiger partial charge on any atom is 0.252 e. The van der Waals surface area contributed by atoms with Crippen LogP contribution in [-0.4, -0.2) is 20.7 Å². The van der Waals surface area contributed by atoms with Gasteiger partial charge in [-0.15, -0.1) is 21.5 Å². The fourth-order valence-electron chi connectivity index (χ4n) is 2.87. The first-order valence-electron chi connectivity index (χ1n) is 8.56. The summed E-state index contributed by atoms with van der Waals surface area (Å²) in [6, 6.07) is 19.5. The summed E-state index contributed by atoms with van der Waals surface area (Å²) in [6.07, 6.45) is 3.25. The molecule has 0 spiro atoms. The van der Waals surface area contributed by atoms with E-state index in [1.54, 1.807) is 28.6 Å². The lowest BCUT2D eigenvalue weighted by Crippen LogP contribution is -2.28. The lowest BCUT2D eigenvalue weighted by molar-refractivity contribution is 0.0943. The molecular formula is C21H18N4OS. The number of aromatic nitrogens is 3. The van der Waals surface area contributed by atoms with Gasteiger partial charge >= 0.3 is 0 Å². The molecule has 0 radical (unpaired) electrons. The number of nitrogens with zero attached hydrogens (tertiary/aromatic N) is 3. The van der Waals surface area contributed by atoms with Gasteiger partial charge in [-0.25, -0.2) is 0 Å². The molecule has 0 saturated carbocycles. The molecule has 0 saturated heterocycles. The summed E-state index contributed by atoms with van der Waals surface area (Å²) in [7, 11) is 0. The minimum absolute atomic E-state index is 0.107. The van der Waals surface area contributed by atoms with E-state index < -0.39 is 0 Å². The second-order valence-corrected chi connectivity index (χ2v) is 7.23. The minimum atomic E-state index is -0.171. The van der Waals surface area contributed by atoms with Crippen LogP contribution in [-0.2, 0) is 0 Å². The highest BCUT2D eigenvalue weighted by molar-refractivity contribution is 7.10. The Hall–Kier alpha value is -3.25. The van der Waals surface area contributed by atoms with E-state index in [0.29, 0.717) is 5.56 Å². The Bertz CT molecular complexity index is 1010. The topological polar surface area (TPSA) is 59.8 Å². The molecule has 5 nitrogen and oxygen atoms in total. The van der Waals surface area contributed by atoms with Crippen molar-refractivity contribution in [2.24, 2.45) is 0 Å². The van der Waals surface area contributed by atoms with E-state index in [1.807, 2.05) is 41.8 Å². The molecule has 6 heteroatoms. The van der Waals surface area contributed by atoms with E-state index in [-0.39, 0.29) is 11.9 Å². The predicted octanol–water partition coefficient (Wildman–Crippen LogP) is 4.16. The fraction of sp³-hybridized carbons (Fsp3) is 0.0952. The van der Waals surface area contributed by atoms with Gasteiger partial charge in [0.15, 0.2) is 0 Å². The van der Waals surface area contributed by atoms with Crippen molar-refractivity contribution in [1.29, 1.82) is 0 Å². The van der Waals surface area contributed by atoms with Crippen molar-refractivity contribution in [3.05, 3.63) is 100 Å². The van der Waals surface area contributed by atoms with Crippen molar-refractivity contribution in [1.82, 2.24) is 20.1 Å². The van der Waals surface area contributed by atoms with Crippen LogP contribution in [0.1, 0.15) is 32.4 Å². The molecule has 0 aliphatic heterocycles. The molecule has 1 N–H and O–H groups in total. The van der Waals surface area contributed by atoms with E-state index in [1.165, 1.54) is 5.56 Å². The number of thiophene rings is 1. The summed E-state index contributed by atoms with van der Waals surface area (Å²) in [4.78, 5) is 14.0. The molecule has 0 bridgehead atoms. The van der Waals surface area contributed by atoms with Crippen LogP contribution in [0.4, 0.5) is 0 Å². The summed E-state index contributed by atoms with van der Waals surface area (Å²) in [6.45, 7) is 2.06. The maximum atomic E-state index is 12.9. The fourth-order valence-corrected chi connectivity index (χ4v) is 3.67. The Kier molecular flexibility index (Phi) is 4.80. The number of carbonyl (C=O) groups is 1. The van der Waals surface area contributed by atoms with E-state index in [9.17, 15) is 4.79 Å². The Morgan fingerprint density at radius 2 is 1.70 bits per heavy atom. The van der Waals surface area contributed by atoms with Crippen LogP contribution in [0.3, 0.4) is 0 Å². The molecule has 1 amide bonds. The number of aryl methyl sites for hydroxylation is 1. The third-order valence-corrected chi connectivity index (χ3v) is 5.30. The summed E-state index contributed by atoms with van der Waals surface area (Å²) in [5.41, 5.74) is 3.78. The van der Waals surface area contributed by atoms with Gasteiger partial charge in [0.2, 0.25) is 0 Å². The molecule has 0 fully saturated rings. The van der Waals surface area contributed by atoms with Crippen LogP contribution in [0.25, 0.3) is 5.69 Å². The van der Waals surface area contributed by atoms with Gasteiger partial charge in [0.1, 0.15) is 12.7 Å². The molecule has 2 heterocycles. The molecule has 2 aromatic carbocycles. The average Bonchev–Trinajstić information content (AvgIpc) is 3.41. The van der Waals surface area contributed by atoms with Crippen LogP contribution in [0.5, 0.6) is 0 Å². The zero-order valence-electron chi connectivity index (χ0n) is 14.7. The first-order chi connectivity index (χ1) is 13.2. The van der Waals surface area contributed by atoms with Crippen LogP contribution in [0.2, 0.25) is 0 Å². The smallest absolute Gasteiger partial charge is 0.252 e. The second-order valence-electron chi connectivity index (χ2n) is 6.25. The van der Waals surface area contributed by atoms with E-state index >= 15 is 0 Å². The molecule has 0 aliphatic carbocycles. The Morgan fingerprint density at radius 3 is 2.33 bits per heavy atom. The van der Waals surface area contributed by atoms with E-state index in [4.69, 9.17) is 0 Å². The van der Waals surface area contributed by atoms with Crippen molar-refractivity contribution in [3.63, 3.8) is 0 Å². The van der Waals surface area contributed by atoms with Crippen molar-refractivity contribution >= 4 is 17.2 Å². The minimum Gasteiger partial charge on any atom is -0.340 e. The van der Waals surface area contributed by atoms with Gasteiger partial charge in [-0.3, -0.25) is 9.36 Å². The van der Waals surface area contributed by atoms with Gasteiger partial charge in [-0.2, -0.15) is 0 Å². The highest BCUT2D eigenvalue weighted by Gasteiger charge is 2.18. The highest BCUT2D eigenvalue weighted by atomic mass is 32.1. The summed E-state index contributed by atoms with van der Waals surface area (Å²) < 4.78 is 1.79. The number of hydrogen-bond donors (Lipinski definition) is 1. The zero-order valence-corrected chi connectivity index (χ0v) is 15.6. The number of carbonyl (C=O) groups excluding carboxylic acids is 1. The predicted molar refractivity (Wildman–Crippen MR) is 106 cm³/mol. The maximum absolute atomic E-state index is 12.9. The standard InChI is InChI=1S/C21H18N4OS/c1-15-4-6-16(7-5-15)20(19-3-2-12-27-19)24-21(26)17-8-10-18(11-9-17)25-13-22-23-14-25/h2-14,20H,1H3,(H,24,26). The normalized spacial score (nSPS) is 11.9. The number of rotatable bonds is 5. The SMILES string of the molecule is Cc1ccc(C(NC(=O)c2ccc(-n3cnnc3)cc2)c2cccs2)cc1. The third kappa shape index (κ3) is 3.80. The van der Waals surface area contributed by atoms with E-state index in [0.717, 1.165) is 16.1 Å². The van der Waals surface area contributed by atoms with Gasteiger partial charge in [-0.1, -0.05) is 35.9 Å². The number of nitrogens with one attached hydrogen (secondary N) is 1. The number of amides is 1. The monoisotopic (exact) mass is 374 g/mol. The zero-order chi connectivity index (χ0) is 18.6. The first kappa shape index (κ1) is 17.2. The van der Waals surface area contributed by atoms with Crippen LogP contribution in [0.15, 0.2) is 78.7 Å². The third-order valence-electron chi connectivity index (χ3n) is 4.36. The molecule has 4 rings (SSSR count). The molecule has 134 valence electrons. The van der Waals surface area contributed by atoms with Crippen LogP contribution < -0.4 is 5.32 Å². The van der Waals surface area contributed by atoms with Crippen molar-refractivity contribution in [2.45, 2.75) is 13.0 Å². The van der Waals surface area contributed by atoms with Crippen molar-refractivity contribution in [2.75, 3.05) is 0 Å². The summed E-state index contributed by atoms with van der Waals surface area (Å²) in [5, 5.41) is 12.8. The van der Waals surface area contributed by atoms with Crippen LogP contribution in [0, 0.1) is 6.92 Å². The molecule has 27 heavy (non-hydrogen) atoms. The molecule has 1 unspecified atom stereocenters. The lowest BCUT2D eigenvalue weighted by Gasteiger charge is -2.18. The van der Waals surface area contributed by atoms with Gasteiger partial charge in [0, 0.05) is 16.1 Å². The van der Waals surface area contributed by atoms with Crippen LogP contribution >= 0.6 is 11.3 Å². The van der Waals surface area contributed by atoms with Gasteiger partial charge < -0.3 is 5.32 Å². The molecule has 0 aliphatic rings. The summed E-state index contributed by atoms with van der Waals surface area (Å²) in [5.74, 6) is -0.107. The van der Waals surface area contributed by atoms with Gasteiger partial charge in [-0.05, 0) is 48.2 Å². The molecule has 4 aromatic rings. The largest absolute Gasteiger partial charge is 0.340 e. The quantitative estimate of drug-likeness (QED) is 0.571. The second kappa shape index (κ2) is 7.55. The number of hydrogen-bond acceptors (Lipinski definition) is 4. The van der Waals surface area contributed by atoms with E-state index in [2.05, 4.69) is 46.7 Å². The molecule has 1 atom stereocenters. The van der Waals surface area contributed by atoms with Crippen molar-refractivity contribution in [3.8, 4) is 5.69 Å². The van der Waals surface area contributed by atoms with Crippen molar-refractivity contribution < 1.29 is 4.79 Å². The number of benzene rings is 2.